The third kappa shape index (κ3) is 29.2. The second-order valence-corrected chi connectivity index (χ2v) is 34.7. The van der Waals surface area contributed by atoms with E-state index < -0.39 is 217 Å². The van der Waals surface area contributed by atoms with Crippen LogP contribution in [0.15, 0.2) is 104 Å². The summed E-state index contributed by atoms with van der Waals surface area (Å²) in [4.78, 5) is 267. The van der Waals surface area contributed by atoms with Gasteiger partial charge in [0.2, 0.25) is 94.5 Å². The number of aromatic amines is 3. The second kappa shape index (κ2) is 49.7. The molecule has 0 unspecified atom stereocenters. The lowest BCUT2D eigenvalue weighted by Gasteiger charge is -2.36. The number of Topliss-reactive ketones (excluding diaryl/α,β-unsaturated/α-hetero) is 1. The highest BCUT2D eigenvalue weighted by Crippen LogP contribution is 2.27. The zero-order valence-electron chi connectivity index (χ0n) is 75.0. The lowest BCUT2D eigenvalue weighted by molar-refractivity contribution is -0.149. The van der Waals surface area contributed by atoms with Gasteiger partial charge in [-0.25, -0.2) is 4.98 Å². The fourth-order valence-corrected chi connectivity index (χ4v) is 16.8. The van der Waals surface area contributed by atoms with Crippen molar-refractivity contribution in [3.8, 4) is 0 Å². The molecule has 38 nitrogen and oxygen atoms in total. The predicted molar refractivity (Wildman–Crippen MR) is 481 cm³/mol. The molecule has 16 amide bonds. The van der Waals surface area contributed by atoms with E-state index in [1.54, 1.807) is 105 Å². The van der Waals surface area contributed by atoms with Crippen molar-refractivity contribution in [2.24, 2.45) is 23.3 Å². The van der Waals surface area contributed by atoms with Crippen LogP contribution in [0.4, 0.5) is 0 Å². The largest absolute Gasteiger partial charge is 0.394 e. The number of unbranched alkanes of at least 4 members (excludes halogenated alkanes) is 3. The van der Waals surface area contributed by atoms with Gasteiger partial charge in [-0.05, 0) is 86.6 Å². The average Bonchev–Trinajstić information content (AvgIpc) is 1.65. The van der Waals surface area contributed by atoms with Crippen LogP contribution in [-0.2, 0) is 107 Å². The zero-order chi connectivity index (χ0) is 94.3. The van der Waals surface area contributed by atoms with E-state index in [1.807, 2.05) is 20.8 Å². The minimum absolute atomic E-state index is 0.00332. The van der Waals surface area contributed by atoms with E-state index in [0.29, 0.717) is 82.7 Å². The normalized spacial score (nSPS) is 23.9. The summed E-state index contributed by atoms with van der Waals surface area (Å²) in [6, 6.07) is 5.37. The first-order valence-electron chi connectivity index (χ1n) is 44.0. The van der Waals surface area contributed by atoms with Crippen molar-refractivity contribution < 1.29 is 86.6 Å². The van der Waals surface area contributed by atoms with Crippen LogP contribution in [0.5, 0.6) is 0 Å². The number of rotatable bonds is 25. The molecule has 0 aliphatic carbocycles. The third-order valence-electron chi connectivity index (χ3n) is 23.3. The molecule has 0 spiro atoms. The number of primary amides is 2. The first kappa shape index (κ1) is 102. The summed E-state index contributed by atoms with van der Waals surface area (Å²) >= 11 is 0.838. The van der Waals surface area contributed by atoms with Gasteiger partial charge in [-0.2, -0.15) is 0 Å². The number of amides is 16. The summed E-state index contributed by atoms with van der Waals surface area (Å²) in [6.07, 6.45) is 7.13. The summed E-state index contributed by atoms with van der Waals surface area (Å²) in [7, 11) is 5.39. The fourth-order valence-electron chi connectivity index (χ4n) is 15.9. The van der Waals surface area contributed by atoms with E-state index >= 15 is 24.0 Å². The minimum atomic E-state index is -1.79. The molecule has 0 bridgehead atoms. The van der Waals surface area contributed by atoms with Crippen LogP contribution in [-0.4, -0.2) is 288 Å². The van der Waals surface area contributed by atoms with Gasteiger partial charge in [-0.15, -0.1) is 11.8 Å². The number of benzene rings is 3. The smallest absolute Gasteiger partial charge is 0.246 e. The van der Waals surface area contributed by atoms with Crippen LogP contribution in [0, 0.1) is 11.8 Å². The van der Waals surface area contributed by atoms with Crippen molar-refractivity contribution in [3.63, 3.8) is 0 Å². The molecule has 0 radical (unpaired) electrons. The van der Waals surface area contributed by atoms with Gasteiger partial charge in [0, 0.05) is 118 Å². The lowest BCUT2D eigenvalue weighted by atomic mass is 9.92. The zero-order valence-corrected chi connectivity index (χ0v) is 75.8. The Kier molecular flexibility index (Phi) is 39.2. The number of likely N-dealkylation sites (N-methyl/N-ethyl adjacent to an activating group) is 4. The molecule has 5 heterocycles. The number of aromatic nitrogens is 4. The molecule has 2 fully saturated rings. The van der Waals surface area contributed by atoms with Gasteiger partial charge in [0.1, 0.15) is 72.5 Å². The molecule has 0 saturated carbocycles. The summed E-state index contributed by atoms with van der Waals surface area (Å²) in [5, 5.41) is 36.7. The molecular formula is C90H126N20O18S. The number of carbonyl (C=O) groups excluding carboxylic acids is 17. The van der Waals surface area contributed by atoms with Crippen LogP contribution in [0.1, 0.15) is 154 Å². The number of nitrogens with zero attached hydrogens (tertiary/aromatic N) is 6. The predicted octanol–water partition coefficient (Wildman–Crippen LogP) is 0.880. The minimum Gasteiger partial charge on any atom is -0.394 e. The Morgan fingerprint density at radius 2 is 1.09 bits per heavy atom. The van der Waals surface area contributed by atoms with Crippen LogP contribution < -0.4 is 59.3 Å². The molecule has 13 atom stereocenters. The third-order valence-corrected chi connectivity index (χ3v) is 24.3. The van der Waals surface area contributed by atoms with Gasteiger partial charge < -0.3 is 104 Å². The number of nitrogens with two attached hydrogens (primary N) is 2. The summed E-state index contributed by atoms with van der Waals surface area (Å²) in [5.74, 6) is -16.9. The highest BCUT2D eigenvalue weighted by molar-refractivity contribution is 8.00. The molecule has 8 rings (SSSR count). The van der Waals surface area contributed by atoms with E-state index in [1.165, 1.54) is 57.4 Å². The van der Waals surface area contributed by atoms with Crippen molar-refractivity contribution in [1.82, 2.24) is 92.3 Å². The number of fused-ring (bicyclic) bond motifs is 3. The van der Waals surface area contributed by atoms with Gasteiger partial charge in [0.25, 0.3) is 0 Å². The SMILES string of the molecule is CCCC[C@@H]1NC(=O)[C@H](CCCC)N(C)C(=O)[C@H](CCCC)N(C)C(=O)[C@H](Cc2c[nH]c3ccccc23)NC(=O)[C@H](CO)NC(=O)[C@H](Cc2c[nH]c3ccccc23)CC(=O)CN(C)C(=O)[C@H](CC(C)C)NC(=O)[C@H](Cc2cnc[nH]2)NC(=O)[C@@H]2CCCN2C(=O)[C@H](CC(N)=O)NC(=O)[C@H](C)N(C)C(=O)[C@H](Cc2ccccc2)NC(=O)CSC[C@@H](C(=O)NCC(N)=O)NC1=O. The van der Waals surface area contributed by atoms with E-state index in [0.717, 1.165) is 26.5 Å². The van der Waals surface area contributed by atoms with E-state index in [9.17, 15) is 62.6 Å². The van der Waals surface area contributed by atoms with Crippen molar-refractivity contribution in [3.05, 3.63) is 126 Å². The molecule has 3 aromatic carbocycles. The molecule has 17 N–H and O–H groups in total. The Morgan fingerprint density at radius 3 is 1.71 bits per heavy atom. The van der Waals surface area contributed by atoms with Crippen LogP contribution in [0.25, 0.3) is 21.8 Å². The van der Waals surface area contributed by atoms with Gasteiger partial charge in [0.15, 0.2) is 5.78 Å². The summed E-state index contributed by atoms with van der Waals surface area (Å²) < 4.78 is 0. The number of thioether (sulfide) groups is 1. The number of aliphatic hydroxyl groups excluding tert-OH is 1. The second-order valence-electron chi connectivity index (χ2n) is 33.6. The molecule has 2 aliphatic heterocycles. The van der Waals surface area contributed by atoms with Crippen LogP contribution in [0.2, 0.25) is 0 Å². The van der Waals surface area contributed by atoms with Gasteiger partial charge >= 0.3 is 0 Å². The first-order valence-corrected chi connectivity index (χ1v) is 45.1. The monoisotopic (exact) mass is 1810 g/mol. The topological polar surface area (TPSA) is 547 Å². The Balaban J connectivity index is 1.17. The Labute approximate surface area is 754 Å². The Morgan fingerprint density at radius 1 is 0.543 bits per heavy atom. The average molecular weight is 1810 g/mol. The number of ketones is 1. The van der Waals surface area contributed by atoms with Crippen molar-refractivity contribution in [2.45, 2.75) is 230 Å². The molecule has 3 aromatic heterocycles. The number of para-hydroxylation sites is 2. The Hall–Kier alpha value is -12.6. The number of aliphatic hydroxyl groups is 1. The number of hydrogen-bond donors (Lipinski definition) is 15. The Bertz CT molecular complexity index is 4910. The molecule has 2 aliphatic rings. The first-order chi connectivity index (χ1) is 61.6. The summed E-state index contributed by atoms with van der Waals surface area (Å²) in [5.41, 5.74) is 14.6. The highest BCUT2D eigenvalue weighted by atomic mass is 32.2. The van der Waals surface area contributed by atoms with Gasteiger partial charge in [-0.1, -0.05) is 140 Å². The number of nitrogens with one attached hydrogen (secondary N) is 12. The van der Waals surface area contributed by atoms with Crippen molar-refractivity contribution in [2.75, 3.05) is 65.9 Å². The molecule has 39 heteroatoms. The fraction of sp³-hybridized carbons (Fsp3) is 0.533. The molecule has 129 heavy (non-hydrogen) atoms. The molecular weight excluding hydrogens is 1680 g/mol. The molecule has 700 valence electrons. The maximum absolute atomic E-state index is 15.7. The maximum atomic E-state index is 15.7. The van der Waals surface area contributed by atoms with E-state index in [2.05, 4.69) is 67.8 Å². The van der Waals surface area contributed by atoms with Crippen LogP contribution >= 0.6 is 11.8 Å². The summed E-state index contributed by atoms with van der Waals surface area (Å²) in [6.45, 7) is 8.10. The van der Waals surface area contributed by atoms with Gasteiger partial charge in [-0.3, -0.25) is 81.5 Å². The molecule has 6 aromatic rings. The number of hydrogen-bond acceptors (Lipinski definition) is 20. The van der Waals surface area contributed by atoms with E-state index in [4.69, 9.17) is 11.5 Å². The maximum Gasteiger partial charge on any atom is 0.246 e. The van der Waals surface area contributed by atoms with Crippen molar-refractivity contribution in [1.29, 1.82) is 0 Å². The molecule has 2 saturated heterocycles. The highest BCUT2D eigenvalue weighted by Gasteiger charge is 2.44. The van der Waals surface area contributed by atoms with Crippen molar-refractivity contribution >= 4 is 134 Å². The van der Waals surface area contributed by atoms with Crippen LogP contribution in [0.3, 0.4) is 0 Å². The quantitative estimate of drug-likeness (QED) is 0.0378. The number of imidazole rings is 1. The van der Waals surface area contributed by atoms with E-state index in [-0.39, 0.29) is 82.4 Å². The number of carbonyl (C=O) groups is 17. The lowest BCUT2D eigenvalue weighted by Crippen LogP contribution is -2.60. The number of H-pyrrole nitrogens is 3. The van der Waals surface area contributed by atoms with Gasteiger partial charge in [0.05, 0.1) is 38.2 Å². The standard InChI is InChI=1S/C90H126N20O18S/c1-11-14-29-64-81(119)105-71(80(118)96-46-76(92)114)49-129-50-77(115)98-67(37-54-25-18-17-19-26-54)87(125)107(8)53(6)78(116)101-69(42-75(91)113)89(127)110-35-24-34-73(110)85(123)100-65(41-58-45-93-51-97-58)82(120)102-66(36-52(4)5)86(124)106(7)47-59(112)39-55(38-56-43-94-62-30-22-20-27-60(56)62)79(117)104-70(48-111)83(121)103-68(40-57-44-95-63-31-23-21-28-61(57)63)88(126)109(10)74(33-16-13-3)90(128)108(9)72(32-15-12-2)84(122)99-64/h17-23,25-28,30-31,43-45,51-53,55,64-74,94-95,111H,11-16,24,29,32-42,46-50H2,1-10H3,(H2,91,113)(H2,92,114)(H,93,97)(H,96,118)(H,98,115)(H,99,122)(H,100,123)(H,101,116)(H,102,120)(H,103,121)(H,104,117)(H,105,119)/t53-,55+,64-,65-,66-,67-,68-,69-,70-,71-,72-,73-,74-/m0/s1.